The van der Waals surface area contributed by atoms with Crippen LogP contribution in [0.15, 0.2) is 30.5 Å². The van der Waals surface area contributed by atoms with Crippen molar-refractivity contribution in [1.29, 1.82) is 0 Å². The van der Waals surface area contributed by atoms with Crippen LogP contribution in [0, 0.1) is 6.92 Å². The largest absolute Gasteiger partial charge is 0.495 e. The monoisotopic (exact) mass is 401 g/mol. The number of ether oxygens (including phenoxy) is 2. The van der Waals surface area contributed by atoms with Crippen LogP contribution in [0.3, 0.4) is 0 Å². The third-order valence-electron chi connectivity index (χ3n) is 4.57. The van der Waals surface area contributed by atoms with Gasteiger partial charge in [-0.05, 0) is 25.1 Å². The molecule has 3 heterocycles. The Bertz CT molecular complexity index is 1030. The number of methoxy groups -OCH3 is 1. The van der Waals surface area contributed by atoms with Crippen LogP contribution >= 0.6 is 11.6 Å². The first-order chi connectivity index (χ1) is 13.6. The van der Waals surface area contributed by atoms with Crippen molar-refractivity contribution in [3.63, 3.8) is 0 Å². The molecule has 2 aromatic heterocycles. The summed E-state index contributed by atoms with van der Waals surface area (Å²) in [6, 6.07) is 7.20. The molecule has 9 heteroatoms. The van der Waals surface area contributed by atoms with E-state index in [0.717, 1.165) is 5.69 Å². The number of fused-ring (bicyclic) bond motifs is 1. The maximum atomic E-state index is 12.7. The number of hydrogen-bond acceptors (Lipinski definition) is 6. The highest BCUT2D eigenvalue weighted by Gasteiger charge is 2.20. The zero-order valence-electron chi connectivity index (χ0n) is 15.6. The molecule has 1 aromatic carbocycles. The Labute approximate surface area is 167 Å². The molecule has 0 atom stereocenters. The van der Waals surface area contributed by atoms with Crippen molar-refractivity contribution < 1.29 is 14.3 Å². The number of aryl methyl sites for hydroxylation is 1. The first kappa shape index (κ1) is 18.5. The van der Waals surface area contributed by atoms with Crippen molar-refractivity contribution >= 4 is 34.7 Å². The highest BCUT2D eigenvalue weighted by molar-refractivity contribution is 6.33. The van der Waals surface area contributed by atoms with E-state index in [2.05, 4.69) is 15.4 Å². The lowest BCUT2D eigenvalue weighted by Gasteiger charge is -2.27. The summed E-state index contributed by atoms with van der Waals surface area (Å²) in [6.45, 7) is 4.19. The first-order valence-corrected chi connectivity index (χ1v) is 9.27. The SMILES string of the molecule is COc1cc(C(=O)N2CCOCC2)ccc1Nc1cc(C)nc2c(Cl)cnn12. The summed E-state index contributed by atoms with van der Waals surface area (Å²) in [5.41, 5.74) is 2.65. The highest BCUT2D eigenvalue weighted by Crippen LogP contribution is 2.30. The Morgan fingerprint density at radius 3 is 2.82 bits per heavy atom. The van der Waals surface area contributed by atoms with Gasteiger partial charge in [0.15, 0.2) is 5.65 Å². The number of amides is 1. The zero-order chi connectivity index (χ0) is 19.7. The van der Waals surface area contributed by atoms with E-state index in [1.165, 1.54) is 0 Å². The van der Waals surface area contributed by atoms with Gasteiger partial charge in [0.2, 0.25) is 0 Å². The fraction of sp³-hybridized carbons (Fsp3) is 0.316. The van der Waals surface area contributed by atoms with Crippen molar-refractivity contribution in [1.82, 2.24) is 19.5 Å². The minimum absolute atomic E-state index is 0.0332. The molecule has 0 unspecified atom stereocenters. The quantitative estimate of drug-likeness (QED) is 0.724. The Kier molecular flexibility index (Phi) is 5.06. The van der Waals surface area contributed by atoms with Gasteiger partial charge in [0.1, 0.15) is 16.6 Å². The summed E-state index contributed by atoms with van der Waals surface area (Å²) in [4.78, 5) is 18.9. The Morgan fingerprint density at radius 2 is 2.07 bits per heavy atom. The minimum atomic E-state index is -0.0332. The summed E-state index contributed by atoms with van der Waals surface area (Å²) in [7, 11) is 1.57. The van der Waals surface area contributed by atoms with Gasteiger partial charge in [0.05, 0.1) is 32.2 Å². The smallest absolute Gasteiger partial charge is 0.254 e. The molecule has 1 saturated heterocycles. The molecule has 0 aliphatic carbocycles. The molecule has 3 aromatic rings. The van der Waals surface area contributed by atoms with E-state index >= 15 is 0 Å². The molecule has 0 radical (unpaired) electrons. The number of benzene rings is 1. The zero-order valence-corrected chi connectivity index (χ0v) is 16.4. The number of anilines is 2. The molecule has 1 aliphatic rings. The second kappa shape index (κ2) is 7.65. The first-order valence-electron chi connectivity index (χ1n) is 8.90. The van der Waals surface area contributed by atoms with E-state index in [4.69, 9.17) is 21.1 Å². The maximum Gasteiger partial charge on any atom is 0.254 e. The minimum Gasteiger partial charge on any atom is -0.495 e. The molecule has 0 saturated carbocycles. The molecular weight excluding hydrogens is 382 g/mol. The number of morpholine rings is 1. The number of nitrogens with zero attached hydrogens (tertiary/aromatic N) is 4. The van der Waals surface area contributed by atoms with E-state index in [1.54, 1.807) is 34.9 Å². The predicted molar refractivity (Wildman–Crippen MR) is 106 cm³/mol. The summed E-state index contributed by atoms with van der Waals surface area (Å²) in [5.74, 6) is 1.22. The normalized spacial score (nSPS) is 14.3. The molecule has 1 amide bonds. The number of carbonyl (C=O) groups excluding carboxylic acids is 1. The molecule has 1 N–H and O–H groups in total. The van der Waals surface area contributed by atoms with E-state index in [1.807, 2.05) is 19.1 Å². The lowest BCUT2D eigenvalue weighted by molar-refractivity contribution is 0.0302. The van der Waals surface area contributed by atoms with Crippen molar-refractivity contribution in [3.05, 3.63) is 46.7 Å². The topological polar surface area (TPSA) is 81.0 Å². The molecule has 4 rings (SSSR count). The van der Waals surface area contributed by atoms with Gasteiger partial charge >= 0.3 is 0 Å². The third-order valence-corrected chi connectivity index (χ3v) is 4.83. The van der Waals surface area contributed by atoms with E-state index < -0.39 is 0 Å². The molecule has 1 aliphatic heterocycles. The molecule has 146 valence electrons. The molecule has 28 heavy (non-hydrogen) atoms. The van der Waals surface area contributed by atoms with E-state index in [-0.39, 0.29) is 5.91 Å². The molecule has 1 fully saturated rings. The van der Waals surface area contributed by atoms with E-state index in [9.17, 15) is 4.79 Å². The summed E-state index contributed by atoms with van der Waals surface area (Å²) in [6.07, 6.45) is 1.55. The van der Waals surface area contributed by atoms with Crippen LogP contribution in [0.25, 0.3) is 5.65 Å². The standard InChI is InChI=1S/C19H20ClN5O3/c1-12-9-17(25-18(22-12)14(20)11-21-25)23-15-4-3-13(10-16(15)27-2)19(26)24-5-7-28-8-6-24/h3-4,9-11,23H,5-8H2,1-2H3. The predicted octanol–water partition coefficient (Wildman–Crippen LogP) is 2.92. The Balaban J connectivity index is 1.65. The second-order valence-electron chi connectivity index (χ2n) is 6.46. The van der Waals surface area contributed by atoms with Gasteiger partial charge in [-0.25, -0.2) is 4.98 Å². The fourth-order valence-corrected chi connectivity index (χ4v) is 3.33. The number of rotatable bonds is 4. The maximum absolute atomic E-state index is 12.7. The number of carbonyl (C=O) groups is 1. The average Bonchev–Trinajstić information content (AvgIpc) is 3.09. The van der Waals surface area contributed by atoms with Crippen molar-refractivity contribution in [2.75, 3.05) is 38.7 Å². The number of nitrogens with one attached hydrogen (secondary N) is 1. The van der Waals surface area contributed by atoms with Crippen LogP contribution in [0.5, 0.6) is 5.75 Å². The van der Waals surface area contributed by atoms with Crippen LogP contribution in [0.1, 0.15) is 16.1 Å². The number of halogens is 1. The van der Waals surface area contributed by atoms with Gasteiger partial charge in [-0.2, -0.15) is 9.61 Å². The third kappa shape index (κ3) is 3.48. The number of hydrogen-bond donors (Lipinski definition) is 1. The molecular formula is C19H20ClN5O3. The lowest BCUT2D eigenvalue weighted by Crippen LogP contribution is -2.40. The van der Waals surface area contributed by atoms with Gasteiger partial charge in [0, 0.05) is 30.4 Å². The van der Waals surface area contributed by atoms with Crippen LogP contribution < -0.4 is 10.1 Å². The van der Waals surface area contributed by atoms with Gasteiger partial charge in [0.25, 0.3) is 5.91 Å². The molecule has 0 bridgehead atoms. The average molecular weight is 402 g/mol. The Hall–Kier alpha value is -2.84. The summed E-state index contributed by atoms with van der Waals surface area (Å²) in [5, 5.41) is 8.04. The van der Waals surface area contributed by atoms with Crippen LogP contribution in [-0.2, 0) is 4.74 Å². The van der Waals surface area contributed by atoms with E-state index in [0.29, 0.717) is 59.8 Å². The van der Waals surface area contributed by atoms with Gasteiger partial charge in [-0.3, -0.25) is 4.79 Å². The Morgan fingerprint density at radius 1 is 1.29 bits per heavy atom. The van der Waals surface area contributed by atoms with Crippen LogP contribution in [0.4, 0.5) is 11.5 Å². The van der Waals surface area contributed by atoms with Crippen LogP contribution in [-0.4, -0.2) is 58.8 Å². The van der Waals surface area contributed by atoms with Crippen molar-refractivity contribution in [2.24, 2.45) is 0 Å². The second-order valence-corrected chi connectivity index (χ2v) is 6.86. The highest BCUT2D eigenvalue weighted by atomic mass is 35.5. The van der Waals surface area contributed by atoms with Crippen LogP contribution in [0.2, 0.25) is 5.02 Å². The summed E-state index contributed by atoms with van der Waals surface area (Å²) < 4.78 is 12.5. The lowest BCUT2D eigenvalue weighted by atomic mass is 10.1. The van der Waals surface area contributed by atoms with Crippen molar-refractivity contribution in [3.8, 4) is 5.75 Å². The van der Waals surface area contributed by atoms with Crippen molar-refractivity contribution in [2.45, 2.75) is 6.92 Å². The molecule has 8 nitrogen and oxygen atoms in total. The fourth-order valence-electron chi connectivity index (χ4n) is 3.16. The van der Waals surface area contributed by atoms with Gasteiger partial charge in [-0.15, -0.1) is 0 Å². The molecule has 0 spiro atoms. The van der Waals surface area contributed by atoms with Gasteiger partial charge < -0.3 is 19.7 Å². The number of aromatic nitrogens is 3. The summed E-state index contributed by atoms with van der Waals surface area (Å²) >= 11 is 6.16. The van der Waals surface area contributed by atoms with Gasteiger partial charge in [-0.1, -0.05) is 11.6 Å².